The molecule has 104 valence electrons. The second kappa shape index (κ2) is 5.63. The van der Waals surface area contributed by atoms with Crippen molar-refractivity contribution >= 4 is 33.4 Å². The van der Waals surface area contributed by atoms with Crippen molar-refractivity contribution in [1.82, 2.24) is 4.98 Å². The van der Waals surface area contributed by atoms with Crippen LogP contribution in [-0.2, 0) is 0 Å². The van der Waals surface area contributed by atoms with Gasteiger partial charge in [0.2, 0.25) is 0 Å². The number of rotatable bonds is 3. The van der Waals surface area contributed by atoms with Crippen molar-refractivity contribution in [3.8, 4) is 0 Å². The van der Waals surface area contributed by atoms with E-state index in [4.69, 9.17) is 5.11 Å². The van der Waals surface area contributed by atoms with Gasteiger partial charge in [-0.25, -0.2) is 9.78 Å². The van der Waals surface area contributed by atoms with E-state index in [1.54, 1.807) is 0 Å². The lowest BCUT2D eigenvalue weighted by molar-refractivity contribution is 0.0696. The number of pyridine rings is 1. The van der Waals surface area contributed by atoms with E-state index in [0.717, 1.165) is 16.8 Å². The number of carboxylic acid groups (broad SMARTS) is 1. The van der Waals surface area contributed by atoms with Crippen molar-refractivity contribution in [3.05, 3.63) is 51.1 Å². The molecule has 0 aliphatic carbocycles. The van der Waals surface area contributed by atoms with Crippen LogP contribution in [0.25, 0.3) is 0 Å². The summed E-state index contributed by atoms with van der Waals surface area (Å²) >= 11 is 3.35. The van der Waals surface area contributed by atoms with E-state index in [2.05, 4.69) is 45.3 Å². The number of halogens is 1. The van der Waals surface area contributed by atoms with Crippen molar-refractivity contribution in [1.29, 1.82) is 0 Å². The topological polar surface area (TPSA) is 62.2 Å². The van der Waals surface area contributed by atoms with Crippen LogP contribution in [0.1, 0.15) is 27.0 Å². The van der Waals surface area contributed by atoms with Crippen molar-refractivity contribution in [2.45, 2.75) is 20.8 Å². The van der Waals surface area contributed by atoms with Crippen LogP contribution in [0, 0.1) is 20.8 Å². The van der Waals surface area contributed by atoms with Crippen LogP contribution in [0.3, 0.4) is 0 Å². The Labute approximate surface area is 126 Å². The molecule has 0 aliphatic rings. The number of aryl methyl sites for hydroxylation is 3. The van der Waals surface area contributed by atoms with E-state index in [1.807, 2.05) is 13.8 Å². The largest absolute Gasteiger partial charge is 0.478 e. The smallest absolute Gasteiger partial charge is 0.337 e. The third kappa shape index (κ3) is 2.99. The van der Waals surface area contributed by atoms with Gasteiger partial charge in [-0.2, -0.15) is 0 Å². The number of hydrogen-bond acceptors (Lipinski definition) is 3. The quantitative estimate of drug-likeness (QED) is 0.882. The van der Waals surface area contributed by atoms with Gasteiger partial charge in [0.05, 0.1) is 10.0 Å². The Morgan fingerprint density at radius 2 is 1.80 bits per heavy atom. The predicted molar refractivity (Wildman–Crippen MR) is 82.8 cm³/mol. The first-order valence-electron chi connectivity index (χ1n) is 6.12. The number of nitrogens with zero attached hydrogens (tertiary/aromatic N) is 1. The number of benzene rings is 1. The minimum atomic E-state index is -0.993. The average Bonchev–Trinajstić information content (AvgIpc) is 2.34. The Balaban J connectivity index is 2.38. The highest BCUT2D eigenvalue weighted by molar-refractivity contribution is 9.10. The number of aromatic nitrogens is 1. The summed E-state index contributed by atoms with van der Waals surface area (Å²) in [5, 5.41) is 12.2. The van der Waals surface area contributed by atoms with Gasteiger partial charge in [0, 0.05) is 11.9 Å². The van der Waals surface area contributed by atoms with Crippen molar-refractivity contribution in [2.75, 3.05) is 5.32 Å². The first-order chi connectivity index (χ1) is 9.38. The number of nitrogens with one attached hydrogen (secondary N) is 1. The Hall–Kier alpha value is -1.88. The summed E-state index contributed by atoms with van der Waals surface area (Å²) < 4.78 is 0.622. The molecule has 1 heterocycles. The lowest BCUT2D eigenvalue weighted by Crippen LogP contribution is -2.03. The van der Waals surface area contributed by atoms with Crippen LogP contribution < -0.4 is 5.32 Å². The Morgan fingerprint density at radius 3 is 2.30 bits per heavy atom. The molecule has 0 radical (unpaired) electrons. The molecule has 0 saturated carbocycles. The summed E-state index contributed by atoms with van der Waals surface area (Å²) in [4.78, 5) is 15.0. The summed E-state index contributed by atoms with van der Waals surface area (Å²) in [6.07, 6.45) is 1.34. The zero-order valence-electron chi connectivity index (χ0n) is 11.5. The molecule has 0 amide bonds. The maximum atomic E-state index is 10.9. The standard InChI is InChI=1S/C15H15BrN2O2/c1-8-4-9(2)13(10(3)5-8)18-14-12(16)6-11(7-17-14)15(19)20/h4-7H,1-3H3,(H,17,18)(H,19,20). The molecule has 20 heavy (non-hydrogen) atoms. The summed E-state index contributed by atoms with van der Waals surface area (Å²) in [6, 6.07) is 5.72. The van der Waals surface area contributed by atoms with Gasteiger partial charge in [0.1, 0.15) is 5.82 Å². The Bertz CT molecular complexity index is 661. The zero-order chi connectivity index (χ0) is 14.9. The summed E-state index contributed by atoms with van der Waals surface area (Å²) in [5.41, 5.74) is 4.60. The maximum Gasteiger partial charge on any atom is 0.337 e. The second-order valence-corrected chi connectivity index (χ2v) is 5.61. The third-order valence-electron chi connectivity index (χ3n) is 3.01. The Morgan fingerprint density at radius 1 is 1.20 bits per heavy atom. The predicted octanol–water partition coefficient (Wildman–Crippen LogP) is 4.21. The molecule has 5 heteroatoms. The van der Waals surface area contributed by atoms with Crippen LogP contribution in [0.5, 0.6) is 0 Å². The fraction of sp³-hybridized carbons (Fsp3) is 0.200. The molecule has 0 saturated heterocycles. The van der Waals surface area contributed by atoms with Gasteiger partial charge in [0.25, 0.3) is 0 Å². The van der Waals surface area contributed by atoms with Crippen LogP contribution in [0.4, 0.5) is 11.5 Å². The van der Waals surface area contributed by atoms with E-state index in [9.17, 15) is 4.79 Å². The molecule has 0 fully saturated rings. The summed E-state index contributed by atoms with van der Waals surface area (Å²) in [6.45, 7) is 6.11. The van der Waals surface area contributed by atoms with Crippen LogP contribution in [-0.4, -0.2) is 16.1 Å². The summed E-state index contributed by atoms with van der Waals surface area (Å²) in [7, 11) is 0. The molecular weight excluding hydrogens is 320 g/mol. The molecule has 0 bridgehead atoms. The number of hydrogen-bond donors (Lipinski definition) is 2. The van der Waals surface area contributed by atoms with E-state index < -0.39 is 5.97 Å². The lowest BCUT2D eigenvalue weighted by Gasteiger charge is -2.14. The zero-order valence-corrected chi connectivity index (χ0v) is 13.1. The molecule has 2 N–H and O–H groups in total. The Kier molecular flexibility index (Phi) is 4.09. The van der Waals surface area contributed by atoms with Gasteiger partial charge in [-0.05, 0) is 53.9 Å². The molecule has 1 aromatic carbocycles. The molecule has 4 nitrogen and oxygen atoms in total. The second-order valence-electron chi connectivity index (χ2n) is 4.76. The minimum absolute atomic E-state index is 0.153. The SMILES string of the molecule is Cc1cc(C)c(Nc2ncc(C(=O)O)cc2Br)c(C)c1. The van der Waals surface area contributed by atoms with Gasteiger partial charge in [-0.1, -0.05) is 17.7 Å². The van der Waals surface area contributed by atoms with Gasteiger partial charge in [-0.3, -0.25) is 0 Å². The third-order valence-corrected chi connectivity index (χ3v) is 3.61. The van der Waals surface area contributed by atoms with Gasteiger partial charge >= 0.3 is 5.97 Å². The van der Waals surface area contributed by atoms with Crippen LogP contribution in [0.15, 0.2) is 28.9 Å². The molecule has 0 unspecified atom stereocenters. The van der Waals surface area contributed by atoms with Crippen LogP contribution >= 0.6 is 15.9 Å². The number of carboxylic acids is 1. The van der Waals surface area contributed by atoms with E-state index >= 15 is 0 Å². The average molecular weight is 335 g/mol. The van der Waals surface area contributed by atoms with E-state index in [-0.39, 0.29) is 5.56 Å². The highest BCUT2D eigenvalue weighted by atomic mass is 79.9. The highest BCUT2D eigenvalue weighted by Gasteiger charge is 2.10. The first kappa shape index (κ1) is 14.5. The van der Waals surface area contributed by atoms with Crippen molar-refractivity contribution in [2.24, 2.45) is 0 Å². The fourth-order valence-corrected chi connectivity index (χ4v) is 2.59. The molecule has 1 aromatic heterocycles. The number of anilines is 2. The molecular formula is C15H15BrN2O2. The summed E-state index contributed by atoms with van der Waals surface area (Å²) in [5.74, 6) is -0.391. The van der Waals surface area contributed by atoms with Gasteiger partial charge < -0.3 is 10.4 Å². The van der Waals surface area contributed by atoms with Gasteiger partial charge in [-0.15, -0.1) is 0 Å². The normalized spacial score (nSPS) is 10.4. The van der Waals surface area contributed by atoms with Crippen molar-refractivity contribution in [3.63, 3.8) is 0 Å². The molecule has 2 rings (SSSR count). The highest BCUT2D eigenvalue weighted by Crippen LogP contribution is 2.29. The minimum Gasteiger partial charge on any atom is -0.478 e. The monoisotopic (exact) mass is 334 g/mol. The number of carbonyl (C=O) groups is 1. The molecule has 0 aliphatic heterocycles. The number of aromatic carboxylic acids is 1. The molecule has 0 atom stereocenters. The van der Waals surface area contributed by atoms with E-state index in [0.29, 0.717) is 10.3 Å². The van der Waals surface area contributed by atoms with Gasteiger partial charge in [0.15, 0.2) is 0 Å². The maximum absolute atomic E-state index is 10.9. The van der Waals surface area contributed by atoms with Crippen LogP contribution in [0.2, 0.25) is 0 Å². The fourth-order valence-electron chi connectivity index (χ4n) is 2.14. The van der Waals surface area contributed by atoms with E-state index in [1.165, 1.54) is 17.8 Å². The molecule has 0 spiro atoms. The first-order valence-corrected chi connectivity index (χ1v) is 6.91. The lowest BCUT2D eigenvalue weighted by atomic mass is 10.1. The molecule has 2 aromatic rings. The van der Waals surface area contributed by atoms with Crippen molar-refractivity contribution < 1.29 is 9.90 Å².